The van der Waals surface area contributed by atoms with Gasteiger partial charge in [-0.05, 0) is 25.7 Å². The van der Waals surface area contributed by atoms with Crippen molar-refractivity contribution < 1.29 is 9.26 Å². The quantitative estimate of drug-likeness (QED) is 0.727. The number of rotatable bonds is 3. The van der Waals surface area contributed by atoms with Crippen LogP contribution < -0.4 is 0 Å². The molecule has 5 heteroatoms. The first kappa shape index (κ1) is 9.93. The first-order chi connectivity index (χ1) is 6.80. The Labute approximate surface area is 87.6 Å². The molecule has 0 aromatic carbocycles. The van der Waals surface area contributed by atoms with Crippen molar-refractivity contribution in [3.05, 3.63) is 11.7 Å². The van der Waals surface area contributed by atoms with Gasteiger partial charge in [0.25, 0.3) is 0 Å². The summed E-state index contributed by atoms with van der Waals surface area (Å²) in [4.78, 5) is 4.22. The molecular weight excluding hydrogens is 204 g/mol. The van der Waals surface area contributed by atoms with Crippen LogP contribution in [0.4, 0.5) is 0 Å². The van der Waals surface area contributed by atoms with E-state index in [4.69, 9.17) is 20.9 Å². The molecule has 14 heavy (non-hydrogen) atoms. The third-order valence-corrected chi connectivity index (χ3v) is 3.02. The maximum absolute atomic E-state index is 5.60. The highest BCUT2D eigenvalue weighted by atomic mass is 35.5. The van der Waals surface area contributed by atoms with Gasteiger partial charge in [-0.2, -0.15) is 4.98 Å². The highest BCUT2D eigenvalue weighted by Gasteiger charge is 2.40. The molecule has 1 aromatic rings. The summed E-state index contributed by atoms with van der Waals surface area (Å²) in [5, 5.41) is 3.92. The van der Waals surface area contributed by atoms with Crippen LogP contribution in [-0.2, 0) is 16.2 Å². The van der Waals surface area contributed by atoms with Gasteiger partial charge in [-0.15, -0.1) is 11.6 Å². The minimum absolute atomic E-state index is 0.257. The second-order valence-corrected chi connectivity index (χ2v) is 3.82. The van der Waals surface area contributed by atoms with Crippen LogP contribution in [0.2, 0.25) is 0 Å². The van der Waals surface area contributed by atoms with Crippen LogP contribution in [0.25, 0.3) is 0 Å². The highest BCUT2D eigenvalue weighted by Crippen LogP contribution is 2.40. The lowest BCUT2D eigenvalue weighted by Crippen LogP contribution is -2.25. The lowest BCUT2D eigenvalue weighted by molar-refractivity contribution is -0.0178. The fourth-order valence-corrected chi connectivity index (χ4v) is 2.07. The van der Waals surface area contributed by atoms with Gasteiger partial charge in [0, 0.05) is 7.11 Å². The topological polar surface area (TPSA) is 48.2 Å². The van der Waals surface area contributed by atoms with Crippen molar-refractivity contribution in [3.63, 3.8) is 0 Å². The summed E-state index contributed by atoms with van der Waals surface area (Å²) in [6, 6.07) is 0. The van der Waals surface area contributed by atoms with E-state index in [-0.39, 0.29) is 11.5 Å². The zero-order valence-corrected chi connectivity index (χ0v) is 8.88. The van der Waals surface area contributed by atoms with Gasteiger partial charge in [0.2, 0.25) is 11.7 Å². The minimum Gasteiger partial charge on any atom is -0.370 e. The largest absolute Gasteiger partial charge is 0.370 e. The van der Waals surface area contributed by atoms with E-state index in [1.807, 2.05) is 0 Å². The van der Waals surface area contributed by atoms with Crippen molar-refractivity contribution in [2.45, 2.75) is 37.2 Å². The zero-order chi connectivity index (χ0) is 10.0. The van der Waals surface area contributed by atoms with Gasteiger partial charge in [-0.25, -0.2) is 0 Å². The van der Waals surface area contributed by atoms with Crippen LogP contribution in [0.1, 0.15) is 37.4 Å². The van der Waals surface area contributed by atoms with Crippen LogP contribution in [0.3, 0.4) is 0 Å². The molecule has 0 N–H and O–H groups in total. The number of hydrogen-bond acceptors (Lipinski definition) is 4. The van der Waals surface area contributed by atoms with Crippen LogP contribution in [0, 0.1) is 0 Å². The third kappa shape index (κ3) is 1.53. The molecule has 4 nitrogen and oxygen atoms in total. The van der Waals surface area contributed by atoms with Gasteiger partial charge < -0.3 is 9.26 Å². The summed E-state index contributed by atoms with van der Waals surface area (Å²) in [7, 11) is 1.70. The van der Waals surface area contributed by atoms with E-state index < -0.39 is 0 Å². The van der Waals surface area contributed by atoms with Crippen LogP contribution in [0.15, 0.2) is 4.52 Å². The Kier molecular flexibility index (Phi) is 2.74. The zero-order valence-electron chi connectivity index (χ0n) is 8.12. The number of halogens is 1. The lowest BCUT2D eigenvalue weighted by atomic mass is 10.0. The molecule has 0 unspecified atom stereocenters. The molecule has 0 radical (unpaired) electrons. The molecule has 0 bridgehead atoms. The molecule has 0 saturated heterocycles. The smallest absolute Gasteiger partial charge is 0.241 e. The van der Waals surface area contributed by atoms with Crippen LogP contribution in [0.5, 0.6) is 0 Å². The van der Waals surface area contributed by atoms with Crippen molar-refractivity contribution in [3.8, 4) is 0 Å². The first-order valence-electron chi connectivity index (χ1n) is 4.75. The molecule has 1 fully saturated rings. The van der Waals surface area contributed by atoms with Gasteiger partial charge in [0.1, 0.15) is 11.5 Å². The molecule has 1 aliphatic carbocycles. The number of methoxy groups -OCH3 is 1. The highest BCUT2D eigenvalue weighted by molar-refractivity contribution is 6.16. The second-order valence-electron chi connectivity index (χ2n) is 3.55. The number of aromatic nitrogens is 2. The Morgan fingerprint density at radius 2 is 2.21 bits per heavy atom. The Balaban J connectivity index is 2.26. The Morgan fingerprint density at radius 3 is 2.71 bits per heavy atom. The fourth-order valence-electron chi connectivity index (χ4n) is 1.96. The number of hydrogen-bond donors (Lipinski definition) is 0. The molecule has 2 rings (SSSR count). The van der Waals surface area contributed by atoms with Crippen molar-refractivity contribution in [1.82, 2.24) is 10.1 Å². The lowest BCUT2D eigenvalue weighted by Gasteiger charge is -2.22. The normalized spacial score (nSPS) is 20.1. The van der Waals surface area contributed by atoms with Gasteiger partial charge in [-0.3, -0.25) is 0 Å². The van der Waals surface area contributed by atoms with Crippen LogP contribution >= 0.6 is 11.6 Å². The molecule has 1 saturated carbocycles. The molecule has 0 atom stereocenters. The summed E-state index contributed by atoms with van der Waals surface area (Å²) in [6.45, 7) is 0. The third-order valence-electron chi connectivity index (χ3n) is 2.79. The predicted octanol–water partition coefficient (Wildman–Crippen LogP) is 2.22. The number of ether oxygens (including phenoxy) is 1. The van der Waals surface area contributed by atoms with E-state index in [9.17, 15) is 0 Å². The Bertz CT molecular complexity index is 308. The van der Waals surface area contributed by atoms with Gasteiger partial charge in [0.05, 0.1) is 0 Å². The molecular formula is C9H13ClN2O2. The van der Waals surface area contributed by atoms with Crippen LogP contribution in [-0.4, -0.2) is 17.3 Å². The molecule has 1 aliphatic rings. The molecule has 0 amide bonds. The monoisotopic (exact) mass is 216 g/mol. The van der Waals surface area contributed by atoms with E-state index in [1.165, 1.54) is 0 Å². The average Bonchev–Trinajstić information content (AvgIpc) is 2.87. The average molecular weight is 217 g/mol. The summed E-state index contributed by atoms with van der Waals surface area (Å²) >= 11 is 5.60. The molecule has 1 heterocycles. The molecule has 78 valence electrons. The molecule has 1 aromatic heterocycles. The summed E-state index contributed by atoms with van der Waals surface area (Å²) in [5.74, 6) is 1.37. The Hall–Kier alpha value is -0.610. The standard InChI is InChI=1S/C9H13ClN2O2/c1-13-9(4-2-3-5-9)8-11-7(6-10)14-12-8/h2-6H2,1H3. The summed E-state index contributed by atoms with van der Waals surface area (Å²) in [5.41, 5.74) is -0.326. The first-order valence-corrected chi connectivity index (χ1v) is 5.28. The van der Waals surface area contributed by atoms with Gasteiger partial charge in [0.15, 0.2) is 0 Å². The van der Waals surface area contributed by atoms with E-state index in [0.717, 1.165) is 25.7 Å². The van der Waals surface area contributed by atoms with E-state index in [1.54, 1.807) is 7.11 Å². The van der Waals surface area contributed by atoms with E-state index in [0.29, 0.717) is 11.7 Å². The van der Waals surface area contributed by atoms with Crippen molar-refractivity contribution in [2.24, 2.45) is 0 Å². The van der Waals surface area contributed by atoms with Gasteiger partial charge >= 0.3 is 0 Å². The maximum atomic E-state index is 5.60. The van der Waals surface area contributed by atoms with Crippen molar-refractivity contribution in [2.75, 3.05) is 7.11 Å². The summed E-state index contributed by atoms with van der Waals surface area (Å²) < 4.78 is 10.5. The SMILES string of the molecule is COC1(c2noc(CCl)n2)CCCC1. The summed E-state index contributed by atoms with van der Waals surface area (Å²) in [6.07, 6.45) is 4.23. The maximum Gasteiger partial charge on any atom is 0.241 e. The number of nitrogens with zero attached hydrogens (tertiary/aromatic N) is 2. The fraction of sp³-hybridized carbons (Fsp3) is 0.778. The van der Waals surface area contributed by atoms with Crippen molar-refractivity contribution in [1.29, 1.82) is 0 Å². The minimum atomic E-state index is -0.326. The predicted molar refractivity (Wildman–Crippen MR) is 51.0 cm³/mol. The molecule has 0 spiro atoms. The second kappa shape index (κ2) is 3.87. The van der Waals surface area contributed by atoms with Crippen molar-refractivity contribution >= 4 is 11.6 Å². The number of alkyl halides is 1. The van der Waals surface area contributed by atoms with E-state index >= 15 is 0 Å². The van der Waals surface area contributed by atoms with E-state index in [2.05, 4.69) is 10.1 Å². The molecule has 0 aliphatic heterocycles. The van der Waals surface area contributed by atoms with Gasteiger partial charge in [-0.1, -0.05) is 5.16 Å². The Morgan fingerprint density at radius 1 is 1.50 bits per heavy atom.